The quantitative estimate of drug-likeness (QED) is 0.514. The lowest BCUT2D eigenvalue weighted by Gasteiger charge is -2.30. The Hall–Kier alpha value is -1.68. The van der Waals surface area contributed by atoms with Crippen molar-refractivity contribution in [2.75, 3.05) is 6.54 Å². The monoisotopic (exact) mass is 387 g/mol. The van der Waals surface area contributed by atoms with Crippen LogP contribution in [0.3, 0.4) is 0 Å². The minimum atomic E-state index is -0.162. The predicted octanol–water partition coefficient (Wildman–Crippen LogP) is 5.03. The molecule has 2 aromatic rings. The van der Waals surface area contributed by atoms with Crippen molar-refractivity contribution in [3.63, 3.8) is 0 Å². The average Bonchev–Trinajstić information content (AvgIpc) is 2.61. The first kappa shape index (κ1) is 17.2. The normalized spacial score (nSPS) is 16.5. The number of carbonyl (C=O) groups excluding carboxylic acids is 2. The van der Waals surface area contributed by atoms with Gasteiger partial charge >= 0.3 is 0 Å². The van der Waals surface area contributed by atoms with Gasteiger partial charge in [0.05, 0.1) is 0 Å². The summed E-state index contributed by atoms with van der Waals surface area (Å²) in [5.74, 6) is -0.0116. The summed E-state index contributed by atoms with van der Waals surface area (Å²) in [6, 6.07) is 11.3. The SMILES string of the molecule is CCC(Br)CC(CC)CN1C(=O)c2cccc3cccc(c23)C1=O. The van der Waals surface area contributed by atoms with Crippen molar-refractivity contribution in [1.29, 1.82) is 0 Å². The fourth-order valence-electron chi connectivity index (χ4n) is 3.40. The smallest absolute Gasteiger partial charge is 0.261 e. The van der Waals surface area contributed by atoms with Crippen molar-refractivity contribution in [3.8, 4) is 0 Å². The van der Waals surface area contributed by atoms with Gasteiger partial charge in [0.25, 0.3) is 11.8 Å². The topological polar surface area (TPSA) is 37.4 Å². The number of carbonyl (C=O) groups is 2. The van der Waals surface area contributed by atoms with Crippen molar-refractivity contribution >= 4 is 38.5 Å². The van der Waals surface area contributed by atoms with Crippen LogP contribution >= 0.6 is 15.9 Å². The molecule has 2 aromatic carbocycles. The summed E-state index contributed by atoms with van der Waals surface area (Å²) < 4.78 is 0. The van der Waals surface area contributed by atoms with E-state index in [1.807, 2.05) is 36.4 Å². The molecule has 4 heteroatoms. The fourth-order valence-corrected chi connectivity index (χ4v) is 3.93. The molecule has 1 aliphatic heterocycles. The van der Waals surface area contributed by atoms with Gasteiger partial charge in [0.2, 0.25) is 0 Å². The Morgan fingerprint density at radius 2 is 1.54 bits per heavy atom. The van der Waals surface area contributed by atoms with E-state index in [0.29, 0.717) is 28.4 Å². The van der Waals surface area contributed by atoms with Crippen LogP contribution in [0.4, 0.5) is 0 Å². The number of alkyl halides is 1. The molecular formula is C20H22BrNO2. The second-order valence-electron chi connectivity index (χ2n) is 6.45. The largest absolute Gasteiger partial charge is 0.274 e. The van der Waals surface area contributed by atoms with Gasteiger partial charge in [0.1, 0.15) is 0 Å². The van der Waals surface area contributed by atoms with Gasteiger partial charge in [-0.25, -0.2) is 0 Å². The molecule has 1 aliphatic rings. The number of nitrogens with zero attached hydrogens (tertiary/aromatic N) is 1. The van der Waals surface area contributed by atoms with Crippen LogP contribution in [-0.2, 0) is 0 Å². The molecular weight excluding hydrogens is 366 g/mol. The lowest BCUT2D eigenvalue weighted by atomic mass is 9.92. The number of benzene rings is 2. The van der Waals surface area contributed by atoms with Gasteiger partial charge < -0.3 is 0 Å². The highest BCUT2D eigenvalue weighted by Gasteiger charge is 2.33. The highest BCUT2D eigenvalue weighted by atomic mass is 79.9. The second-order valence-corrected chi connectivity index (χ2v) is 7.74. The Bertz CT molecular complexity index is 736. The standard InChI is InChI=1S/C20H22BrNO2/c1-3-13(11-15(21)4-2)12-22-19(23)16-9-5-7-14-8-6-10-17(18(14)16)20(22)24/h5-10,13,15H,3-4,11-12H2,1-2H3. The average molecular weight is 388 g/mol. The molecule has 2 amide bonds. The third-order valence-corrected chi connectivity index (χ3v) is 5.93. The van der Waals surface area contributed by atoms with Crippen LogP contribution in [-0.4, -0.2) is 28.1 Å². The van der Waals surface area contributed by atoms with Crippen molar-refractivity contribution in [2.24, 2.45) is 5.92 Å². The maximum absolute atomic E-state index is 12.9. The molecule has 0 N–H and O–H groups in total. The molecule has 0 aromatic heterocycles. The number of amides is 2. The van der Waals surface area contributed by atoms with Crippen LogP contribution in [0, 0.1) is 5.92 Å². The Morgan fingerprint density at radius 1 is 0.958 bits per heavy atom. The maximum atomic E-state index is 12.9. The summed E-state index contributed by atoms with van der Waals surface area (Å²) >= 11 is 3.67. The first-order valence-corrected chi connectivity index (χ1v) is 9.50. The summed E-state index contributed by atoms with van der Waals surface area (Å²) in [6.45, 7) is 4.74. The molecule has 0 radical (unpaired) electrons. The zero-order valence-electron chi connectivity index (χ0n) is 14.1. The minimum Gasteiger partial charge on any atom is -0.274 e. The minimum absolute atomic E-state index is 0.162. The van der Waals surface area contributed by atoms with Gasteiger partial charge in [-0.1, -0.05) is 60.5 Å². The van der Waals surface area contributed by atoms with E-state index in [0.717, 1.165) is 30.0 Å². The summed E-state index contributed by atoms with van der Waals surface area (Å²) in [6.07, 6.45) is 2.96. The van der Waals surface area contributed by atoms with E-state index in [2.05, 4.69) is 29.8 Å². The molecule has 0 saturated heterocycles. The van der Waals surface area contributed by atoms with E-state index in [4.69, 9.17) is 0 Å². The molecule has 3 rings (SSSR count). The molecule has 0 bridgehead atoms. The molecule has 24 heavy (non-hydrogen) atoms. The fraction of sp³-hybridized carbons (Fsp3) is 0.400. The van der Waals surface area contributed by atoms with Gasteiger partial charge in [0, 0.05) is 27.9 Å². The van der Waals surface area contributed by atoms with Gasteiger partial charge in [-0.2, -0.15) is 0 Å². The summed E-state index contributed by atoms with van der Waals surface area (Å²) in [7, 11) is 0. The van der Waals surface area contributed by atoms with Crippen LogP contribution in [0.15, 0.2) is 36.4 Å². The zero-order chi connectivity index (χ0) is 17.3. The first-order valence-electron chi connectivity index (χ1n) is 8.58. The number of imide groups is 1. The van der Waals surface area contributed by atoms with E-state index in [9.17, 15) is 9.59 Å². The Balaban J connectivity index is 1.95. The van der Waals surface area contributed by atoms with Crippen LogP contribution in [0.25, 0.3) is 10.8 Å². The Kier molecular flexibility index (Phi) is 5.04. The van der Waals surface area contributed by atoms with Crippen LogP contribution in [0.2, 0.25) is 0 Å². The van der Waals surface area contributed by atoms with Gasteiger partial charge in [-0.05, 0) is 36.3 Å². The van der Waals surface area contributed by atoms with Gasteiger partial charge in [-0.15, -0.1) is 0 Å². The van der Waals surface area contributed by atoms with Gasteiger partial charge in [0.15, 0.2) is 0 Å². The lowest BCUT2D eigenvalue weighted by molar-refractivity contribution is 0.0580. The highest BCUT2D eigenvalue weighted by Crippen LogP contribution is 2.31. The van der Waals surface area contributed by atoms with E-state index < -0.39 is 0 Å². The van der Waals surface area contributed by atoms with Crippen molar-refractivity contribution in [1.82, 2.24) is 4.90 Å². The summed E-state index contributed by atoms with van der Waals surface area (Å²) in [5.41, 5.74) is 1.28. The molecule has 3 nitrogen and oxygen atoms in total. The van der Waals surface area contributed by atoms with Crippen molar-refractivity contribution in [3.05, 3.63) is 47.5 Å². The molecule has 1 heterocycles. The predicted molar refractivity (Wildman–Crippen MR) is 101 cm³/mol. The van der Waals surface area contributed by atoms with E-state index in [-0.39, 0.29) is 11.8 Å². The van der Waals surface area contributed by atoms with E-state index in [1.54, 1.807) is 0 Å². The summed E-state index contributed by atoms with van der Waals surface area (Å²) in [5, 5.41) is 1.75. The molecule has 2 unspecified atom stereocenters. The van der Waals surface area contributed by atoms with Crippen LogP contribution < -0.4 is 0 Å². The number of rotatable bonds is 6. The second kappa shape index (κ2) is 7.06. The zero-order valence-corrected chi connectivity index (χ0v) is 15.7. The lowest BCUT2D eigenvalue weighted by Crippen LogP contribution is -2.43. The first-order chi connectivity index (χ1) is 11.6. The molecule has 126 valence electrons. The Morgan fingerprint density at radius 3 is 2.04 bits per heavy atom. The van der Waals surface area contributed by atoms with E-state index >= 15 is 0 Å². The van der Waals surface area contributed by atoms with Crippen molar-refractivity contribution < 1.29 is 9.59 Å². The van der Waals surface area contributed by atoms with Crippen LogP contribution in [0.5, 0.6) is 0 Å². The maximum Gasteiger partial charge on any atom is 0.261 e. The molecule has 0 saturated carbocycles. The molecule has 2 atom stereocenters. The van der Waals surface area contributed by atoms with Gasteiger partial charge in [-0.3, -0.25) is 14.5 Å². The molecule has 0 aliphatic carbocycles. The molecule has 0 spiro atoms. The highest BCUT2D eigenvalue weighted by molar-refractivity contribution is 9.09. The summed E-state index contributed by atoms with van der Waals surface area (Å²) in [4.78, 5) is 27.7. The van der Waals surface area contributed by atoms with Crippen molar-refractivity contribution in [2.45, 2.75) is 37.9 Å². The van der Waals surface area contributed by atoms with E-state index in [1.165, 1.54) is 4.90 Å². The molecule has 0 fully saturated rings. The number of hydrogen-bond donors (Lipinski definition) is 0. The number of halogens is 1. The number of hydrogen-bond acceptors (Lipinski definition) is 2. The van der Waals surface area contributed by atoms with Crippen LogP contribution in [0.1, 0.15) is 53.8 Å². The third-order valence-electron chi connectivity index (χ3n) is 4.91. The Labute approximate surface area is 151 Å². The third kappa shape index (κ3) is 3.00.